The number of rotatable bonds is 4. The van der Waals surface area contributed by atoms with Crippen LogP contribution in [0.4, 0.5) is 5.69 Å². The summed E-state index contributed by atoms with van der Waals surface area (Å²) in [5, 5.41) is 10.8. The van der Waals surface area contributed by atoms with Crippen LogP contribution in [0.2, 0.25) is 5.02 Å². The maximum atomic E-state index is 12.7. The first-order valence-electron chi connectivity index (χ1n) is 8.75. The standard InChI is InChI=1S/C19H19ClN2O5S/c20-16-7-3-2-6-15(16)18-9-10-21(11-12-28(18,26)27)19(23)13-14-5-1-4-8-17(14)22(24)25/h1-8,18H,9-13H2. The predicted octanol–water partition coefficient (Wildman–Crippen LogP) is 3.18. The summed E-state index contributed by atoms with van der Waals surface area (Å²) in [6.07, 6.45) is 0.0860. The summed E-state index contributed by atoms with van der Waals surface area (Å²) in [5.41, 5.74) is 0.733. The number of amides is 1. The molecule has 1 saturated heterocycles. The van der Waals surface area contributed by atoms with Crippen molar-refractivity contribution in [2.75, 3.05) is 18.8 Å². The minimum Gasteiger partial charge on any atom is -0.341 e. The number of benzene rings is 2. The lowest BCUT2D eigenvalue weighted by atomic mass is 10.1. The molecule has 3 rings (SSSR count). The van der Waals surface area contributed by atoms with E-state index in [1.807, 2.05) is 0 Å². The van der Waals surface area contributed by atoms with Crippen LogP contribution in [-0.4, -0.2) is 43.0 Å². The number of hydrogen-bond donors (Lipinski definition) is 0. The fourth-order valence-electron chi connectivity index (χ4n) is 3.39. The zero-order chi connectivity index (χ0) is 20.3. The van der Waals surface area contributed by atoms with Crippen molar-refractivity contribution in [3.05, 3.63) is 74.8 Å². The molecule has 0 aromatic heterocycles. The summed E-state index contributed by atoms with van der Waals surface area (Å²) < 4.78 is 25.5. The van der Waals surface area contributed by atoms with Crippen LogP contribution in [0.15, 0.2) is 48.5 Å². The van der Waals surface area contributed by atoms with Gasteiger partial charge in [-0.25, -0.2) is 8.42 Å². The smallest absolute Gasteiger partial charge is 0.273 e. The molecular weight excluding hydrogens is 404 g/mol. The second-order valence-electron chi connectivity index (χ2n) is 6.61. The summed E-state index contributed by atoms with van der Waals surface area (Å²) in [7, 11) is -3.48. The first kappa shape index (κ1) is 20.3. The van der Waals surface area contributed by atoms with E-state index in [9.17, 15) is 23.3 Å². The third-order valence-electron chi connectivity index (χ3n) is 4.88. The van der Waals surface area contributed by atoms with E-state index in [1.54, 1.807) is 36.4 Å². The lowest BCUT2D eigenvalue weighted by molar-refractivity contribution is -0.385. The highest BCUT2D eigenvalue weighted by molar-refractivity contribution is 7.91. The third kappa shape index (κ3) is 4.34. The van der Waals surface area contributed by atoms with Gasteiger partial charge in [-0.3, -0.25) is 14.9 Å². The van der Waals surface area contributed by atoms with Crippen molar-refractivity contribution in [1.29, 1.82) is 0 Å². The van der Waals surface area contributed by atoms with Gasteiger partial charge in [0.2, 0.25) is 5.91 Å². The van der Waals surface area contributed by atoms with Crippen LogP contribution < -0.4 is 0 Å². The van der Waals surface area contributed by atoms with Gasteiger partial charge in [0.1, 0.15) is 0 Å². The van der Waals surface area contributed by atoms with E-state index >= 15 is 0 Å². The second-order valence-corrected chi connectivity index (χ2v) is 9.32. The number of sulfone groups is 1. The molecule has 2 aromatic rings. The van der Waals surface area contributed by atoms with Crippen molar-refractivity contribution < 1.29 is 18.1 Å². The first-order valence-corrected chi connectivity index (χ1v) is 10.8. The summed E-state index contributed by atoms with van der Waals surface area (Å²) in [5.74, 6) is -0.504. The van der Waals surface area contributed by atoms with Gasteiger partial charge in [-0.1, -0.05) is 48.0 Å². The molecule has 0 radical (unpaired) electrons. The van der Waals surface area contributed by atoms with Crippen LogP contribution in [0.25, 0.3) is 0 Å². The van der Waals surface area contributed by atoms with Gasteiger partial charge in [-0.2, -0.15) is 0 Å². The van der Waals surface area contributed by atoms with Gasteiger partial charge in [-0.05, 0) is 18.1 Å². The molecule has 2 aromatic carbocycles. The van der Waals surface area contributed by atoms with Crippen molar-refractivity contribution in [3.8, 4) is 0 Å². The first-order chi connectivity index (χ1) is 13.3. The van der Waals surface area contributed by atoms with E-state index in [0.29, 0.717) is 16.1 Å². The molecule has 1 heterocycles. The Bertz CT molecular complexity index is 1010. The fraction of sp³-hybridized carbons (Fsp3) is 0.316. The molecule has 0 aliphatic carbocycles. The molecule has 1 unspecified atom stereocenters. The number of nitrogens with zero attached hydrogens (tertiary/aromatic N) is 2. The SMILES string of the molecule is O=C(Cc1ccccc1[N+](=O)[O-])N1CCC(c2ccccc2Cl)S(=O)(=O)CC1. The molecule has 0 saturated carbocycles. The molecule has 1 atom stereocenters. The lowest BCUT2D eigenvalue weighted by Crippen LogP contribution is -2.34. The fourth-order valence-corrected chi connectivity index (χ4v) is 5.54. The predicted molar refractivity (Wildman–Crippen MR) is 106 cm³/mol. The molecule has 1 fully saturated rings. The lowest BCUT2D eigenvalue weighted by Gasteiger charge is -2.20. The Kier molecular flexibility index (Phi) is 6.00. The van der Waals surface area contributed by atoms with Gasteiger partial charge < -0.3 is 4.90 Å². The van der Waals surface area contributed by atoms with Crippen LogP contribution in [0, 0.1) is 10.1 Å². The summed E-state index contributed by atoms with van der Waals surface area (Å²) >= 11 is 6.18. The molecule has 7 nitrogen and oxygen atoms in total. The topological polar surface area (TPSA) is 97.6 Å². The van der Waals surface area contributed by atoms with Crippen molar-refractivity contribution in [2.45, 2.75) is 18.1 Å². The van der Waals surface area contributed by atoms with Crippen molar-refractivity contribution in [1.82, 2.24) is 4.90 Å². The highest BCUT2D eigenvalue weighted by atomic mass is 35.5. The minimum atomic E-state index is -3.48. The van der Waals surface area contributed by atoms with Crippen LogP contribution >= 0.6 is 11.6 Å². The molecule has 1 amide bonds. The van der Waals surface area contributed by atoms with Crippen LogP contribution in [-0.2, 0) is 21.1 Å². The van der Waals surface area contributed by atoms with Gasteiger partial charge in [0.15, 0.2) is 9.84 Å². The maximum absolute atomic E-state index is 12.7. The van der Waals surface area contributed by atoms with Crippen LogP contribution in [0.3, 0.4) is 0 Å². The van der Waals surface area contributed by atoms with E-state index in [0.717, 1.165) is 0 Å². The molecular formula is C19H19ClN2O5S. The van der Waals surface area contributed by atoms with Crippen molar-refractivity contribution in [2.24, 2.45) is 0 Å². The van der Waals surface area contributed by atoms with Crippen molar-refractivity contribution in [3.63, 3.8) is 0 Å². The maximum Gasteiger partial charge on any atom is 0.273 e. The van der Waals surface area contributed by atoms with E-state index in [2.05, 4.69) is 0 Å². The zero-order valence-electron chi connectivity index (χ0n) is 15.0. The Hall–Kier alpha value is -2.45. The summed E-state index contributed by atoms with van der Waals surface area (Å²) in [4.78, 5) is 24.8. The van der Waals surface area contributed by atoms with Gasteiger partial charge >= 0.3 is 0 Å². The molecule has 0 N–H and O–H groups in total. The zero-order valence-corrected chi connectivity index (χ0v) is 16.5. The number of nitro benzene ring substituents is 1. The number of carbonyl (C=O) groups is 1. The van der Waals surface area contributed by atoms with E-state index in [-0.39, 0.29) is 43.3 Å². The molecule has 9 heteroatoms. The summed E-state index contributed by atoms with van der Waals surface area (Å²) in [6, 6.07) is 12.9. The molecule has 0 spiro atoms. The van der Waals surface area contributed by atoms with E-state index in [1.165, 1.54) is 17.0 Å². The largest absolute Gasteiger partial charge is 0.341 e. The third-order valence-corrected chi connectivity index (χ3v) is 7.33. The minimum absolute atomic E-state index is 0.0583. The number of halogens is 1. The quantitative estimate of drug-likeness (QED) is 0.556. The van der Waals surface area contributed by atoms with E-state index in [4.69, 9.17) is 11.6 Å². The average Bonchev–Trinajstić information content (AvgIpc) is 2.80. The van der Waals surface area contributed by atoms with Crippen LogP contribution in [0.5, 0.6) is 0 Å². The number of hydrogen-bond acceptors (Lipinski definition) is 5. The molecule has 0 bridgehead atoms. The summed E-state index contributed by atoms with van der Waals surface area (Å²) in [6.45, 7) is 0.303. The molecule has 1 aliphatic heterocycles. The number of carbonyl (C=O) groups excluding carboxylic acids is 1. The average molecular weight is 423 g/mol. The van der Waals surface area contributed by atoms with Gasteiger partial charge in [0, 0.05) is 29.7 Å². The normalized spacial score (nSPS) is 19.0. The highest BCUT2D eigenvalue weighted by Gasteiger charge is 2.34. The van der Waals surface area contributed by atoms with Gasteiger partial charge in [-0.15, -0.1) is 0 Å². The van der Waals surface area contributed by atoms with Gasteiger partial charge in [0.25, 0.3) is 5.69 Å². The Morgan fingerprint density at radius 3 is 2.54 bits per heavy atom. The Morgan fingerprint density at radius 1 is 1.14 bits per heavy atom. The monoisotopic (exact) mass is 422 g/mol. The Balaban J connectivity index is 1.79. The Morgan fingerprint density at radius 2 is 1.82 bits per heavy atom. The Labute approximate surface area is 168 Å². The number of nitro groups is 1. The van der Waals surface area contributed by atoms with Crippen molar-refractivity contribution >= 4 is 33.0 Å². The molecule has 28 heavy (non-hydrogen) atoms. The highest BCUT2D eigenvalue weighted by Crippen LogP contribution is 2.34. The second kappa shape index (κ2) is 8.28. The molecule has 1 aliphatic rings. The van der Waals surface area contributed by atoms with Crippen LogP contribution in [0.1, 0.15) is 22.8 Å². The number of para-hydroxylation sites is 1. The van der Waals surface area contributed by atoms with E-state index < -0.39 is 20.0 Å². The van der Waals surface area contributed by atoms with Gasteiger partial charge in [0.05, 0.1) is 22.3 Å². The molecule has 148 valence electrons.